The van der Waals surface area contributed by atoms with Gasteiger partial charge >= 0.3 is 0 Å². The number of thiazole rings is 1. The van der Waals surface area contributed by atoms with Gasteiger partial charge in [0.15, 0.2) is 0 Å². The Balaban J connectivity index is 1.97. The van der Waals surface area contributed by atoms with E-state index >= 15 is 0 Å². The van der Waals surface area contributed by atoms with Gasteiger partial charge in [-0.3, -0.25) is 0 Å². The lowest BCUT2D eigenvalue weighted by Crippen LogP contribution is -2.10. The standard InChI is InChI=1S/C11H16N4S/c1-9-14-11(7-16-9)6-15-5-10(13-8-15)3-4-12-2/h5,7-8,12H,3-4,6H2,1-2H3. The Morgan fingerprint density at radius 1 is 1.44 bits per heavy atom. The molecule has 2 rings (SSSR count). The van der Waals surface area contributed by atoms with Crippen LogP contribution in [0.3, 0.4) is 0 Å². The van der Waals surface area contributed by atoms with E-state index in [0.717, 1.165) is 35.9 Å². The smallest absolute Gasteiger partial charge is 0.0953 e. The van der Waals surface area contributed by atoms with Crippen LogP contribution in [-0.4, -0.2) is 28.1 Å². The van der Waals surface area contributed by atoms with E-state index < -0.39 is 0 Å². The summed E-state index contributed by atoms with van der Waals surface area (Å²) >= 11 is 1.69. The second-order valence-corrected chi connectivity index (χ2v) is 4.81. The maximum atomic E-state index is 4.43. The van der Waals surface area contributed by atoms with Crippen molar-refractivity contribution < 1.29 is 0 Å². The quantitative estimate of drug-likeness (QED) is 0.854. The zero-order chi connectivity index (χ0) is 11.4. The summed E-state index contributed by atoms with van der Waals surface area (Å²) in [5, 5.41) is 6.33. The second-order valence-electron chi connectivity index (χ2n) is 3.75. The fourth-order valence-corrected chi connectivity index (χ4v) is 2.15. The van der Waals surface area contributed by atoms with E-state index in [0.29, 0.717) is 0 Å². The molecule has 0 spiro atoms. The Labute approximate surface area is 99.4 Å². The van der Waals surface area contributed by atoms with E-state index in [4.69, 9.17) is 0 Å². The summed E-state index contributed by atoms with van der Waals surface area (Å²) in [6.07, 6.45) is 4.94. The molecule has 16 heavy (non-hydrogen) atoms. The van der Waals surface area contributed by atoms with Crippen molar-refractivity contribution in [2.45, 2.75) is 19.9 Å². The maximum absolute atomic E-state index is 4.43. The highest BCUT2D eigenvalue weighted by atomic mass is 32.1. The summed E-state index contributed by atoms with van der Waals surface area (Å²) in [4.78, 5) is 8.79. The molecule has 0 aliphatic heterocycles. The molecule has 0 aromatic carbocycles. The van der Waals surface area contributed by atoms with Gasteiger partial charge in [-0.25, -0.2) is 9.97 Å². The summed E-state index contributed by atoms with van der Waals surface area (Å²) in [7, 11) is 1.95. The molecule has 5 heteroatoms. The average molecular weight is 236 g/mol. The number of nitrogens with zero attached hydrogens (tertiary/aromatic N) is 3. The molecule has 2 aromatic heterocycles. The third kappa shape index (κ3) is 2.90. The van der Waals surface area contributed by atoms with Crippen LogP contribution in [0, 0.1) is 6.92 Å². The van der Waals surface area contributed by atoms with E-state index in [2.05, 4.69) is 31.4 Å². The van der Waals surface area contributed by atoms with Gasteiger partial charge in [0.05, 0.1) is 29.3 Å². The molecule has 0 unspecified atom stereocenters. The zero-order valence-corrected chi connectivity index (χ0v) is 10.4. The number of rotatable bonds is 5. The summed E-state index contributed by atoms with van der Waals surface area (Å²) < 4.78 is 2.08. The fraction of sp³-hybridized carbons (Fsp3) is 0.455. The number of imidazole rings is 1. The van der Waals surface area contributed by atoms with Crippen molar-refractivity contribution in [2.24, 2.45) is 0 Å². The highest BCUT2D eigenvalue weighted by Gasteiger charge is 2.01. The van der Waals surface area contributed by atoms with E-state index in [1.165, 1.54) is 0 Å². The predicted octanol–water partition coefficient (Wildman–Crippen LogP) is 1.46. The molecule has 2 aromatic rings. The summed E-state index contributed by atoms with van der Waals surface area (Å²) in [6, 6.07) is 0. The molecule has 0 bridgehead atoms. The SMILES string of the molecule is CNCCc1cn(Cc2csc(C)n2)cn1. The minimum atomic E-state index is 0.816. The van der Waals surface area contributed by atoms with Crippen LogP contribution in [0.5, 0.6) is 0 Å². The van der Waals surface area contributed by atoms with Gasteiger partial charge in [-0.2, -0.15) is 0 Å². The zero-order valence-electron chi connectivity index (χ0n) is 9.60. The van der Waals surface area contributed by atoms with E-state index in [-0.39, 0.29) is 0 Å². The first-order valence-corrected chi connectivity index (χ1v) is 6.22. The molecule has 0 amide bonds. The minimum absolute atomic E-state index is 0.816. The third-order valence-electron chi connectivity index (χ3n) is 2.33. The van der Waals surface area contributed by atoms with Crippen LogP contribution in [0.2, 0.25) is 0 Å². The fourth-order valence-electron chi connectivity index (χ4n) is 1.54. The van der Waals surface area contributed by atoms with Gasteiger partial charge < -0.3 is 9.88 Å². The Morgan fingerprint density at radius 2 is 2.31 bits per heavy atom. The Bertz CT molecular complexity index is 446. The summed E-state index contributed by atoms with van der Waals surface area (Å²) in [5.74, 6) is 0. The van der Waals surface area contributed by atoms with E-state index in [1.54, 1.807) is 11.3 Å². The van der Waals surface area contributed by atoms with Gasteiger partial charge in [0, 0.05) is 24.5 Å². The van der Waals surface area contributed by atoms with Gasteiger partial charge in [-0.05, 0) is 14.0 Å². The Hall–Kier alpha value is -1.20. The van der Waals surface area contributed by atoms with Crippen LogP contribution in [-0.2, 0) is 13.0 Å². The van der Waals surface area contributed by atoms with Crippen molar-refractivity contribution in [1.82, 2.24) is 19.9 Å². The van der Waals surface area contributed by atoms with Gasteiger partial charge in [-0.15, -0.1) is 11.3 Å². The lowest BCUT2D eigenvalue weighted by atomic mass is 10.3. The van der Waals surface area contributed by atoms with Crippen LogP contribution < -0.4 is 5.32 Å². The predicted molar refractivity (Wildman–Crippen MR) is 65.8 cm³/mol. The molecule has 0 atom stereocenters. The monoisotopic (exact) mass is 236 g/mol. The van der Waals surface area contributed by atoms with Crippen LogP contribution >= 0.6 is 11.3 Å². The van der Waals surface area contributed by atoms with Crippen molar-refractivity contribution in [3.8, 4) is 0 Å². The molecule has 1 N–H and O–H groups in total. The van der Waals surface area contributed by atoms with Gasteiger partial charge in [-0.1, -0.05) is 0 Å². The average Bonchev–Trinajstić information content (AvgIpc) is 2.86. The molecule has 0 fully saturated rings. The van der Waals surface area contributed by atoms with Crippen molar-refractivity contribution in [2.75, 3.05) is 13.6 Å². The molecule has 0 aliphatic carbocycles. The molecular weight excluding hydrogens is 220 g/mol. The number of hydrogen-bond donors (Lipinski definition) is 1. The van der Waals surface area contributed by atoms with Crippen LogP contribution in [0.1, 0.15) is 16.4 Å². The van der Waals surface area contributed by atoms with Gasteiger partial charge in [0.2, 0.25) is 0 Å². The summed E-state index contributed by atoms with van der Waals surface area (Å²) in [5.41, 5.74) is 2.24. The lowest BCUT2D eigenvalue weighted by molar-refractivity contribution is 0.766. The van der Waals surface area contributed by atoms with Gasteiger partial charge in [0.1, 0.15) is 0 Å². The van der Waals surface area contributed by atoms with Crippen molar-refractivity contribution in [3.63, 3.8) is 0 Å². The van der Waals surface area contributed by atoms with E-state index in [1.807, 2.05) is 20.3 Å². The highest BCUT2D eigenvalue weighted by molar-refractivity contribution is 7.09. The minimum Gasteiger partial charge on any atom is -0.331 e. The Kier molecular flexibility index (Phi) is 3.69. The van der Waals surface area contributed by atoms with Crippen molar-refractivity contribution in [3.05, 3.63) is 34.3 Å². The molecule has 0 saturated carbocycles. The first-order valence-electron chi connectivity index (χ1n) is 5.34. The molecule has 4 nitrogen and oxygen atoms in total. The van der Waals surface area contributed by atoms with Gasteiger partial charge in [0.25, 0.3) is 0 Å². The van der Waals surface area contributed by atoms with E-state index in [9.17, 15) is 0 Å². The first kappa shape index (κ1) is 11.3. The number of aromatic nitrogens is 3. The Morgan fingerprint density at radius 3 is 3.00 bits per heavy atom. The number of aryl methyl sites for hydroxylation is 1. The molecule has 0 saturated heterocycles. The molecule has 2 heterocycles. The number of nitrogens with one attached hydrogen (secondary N) is 1. The maximum Gasteiger partial charge on any atom is 0.0953 e. The number of hydrogen-bond acceptors (Lipinski definition) is 4. The largest absolute Gasteiger partial charge is 0.331 e. The topological polar surface area (TPSA) is 42.7 Å². The van der Waals surface area contributed by atoms with Crippen LogP contribution in [0.15, 0.2) is 17.9 Å². The highest BCUT2D eigenvalue weighted by Crippen LogP contribution is 2.09. The second kappa shape index (κ2) is 5.23. The molecule has 86 valence electrons. The van der Waals surface area contributed by atoms with Crippen molar-refractivity contribution >= 4 is 11.3 Å². The molecule has 0 radical (unpaired) electrons. The molecule has 0 aliphatic rings. The molecular formula is C11H16N4S. The first-order chi connectivity index (χ1) is 7.78. The lowest BCUT2D eigenvalue weighted by Gasteiger charge is -1.97. The normalized spacial score (nSPS) is 10.9. The third-order valence-corrected chi connectivity index (χ3v) is 3.15. The number of likely N-dealkylation sites (N-methyl/N-ethyl adjacent to an activating group) is 1. The summed E-state index contributed by atoms with van der Waals surface area (Å²) in [6.45, 7) is 3.81. The van der Waals surface area contributed by atoms with Crippen LogP contribution in [0.4, 0.5) is 0 Å². The van der Waals surface area contributed by atoms with Crippen LogP contribution in [0.25, 0.3) is 0 Å². The van der Waals surface area contributed by atoms with Crippen molar-refractivity contribution in [1.29, 1.82) is 0 Å².